The van der Waals surface area contributed by atoms with Gasteiger partial charge in [0.05, 0.1) is 24.7 Å². The van der Waals surface area contributed by atoms with Crippen molar-refractivity contribution in [3.05, 3.63) is 48.0 Å². The second-order valence-corrected chi connectivity index (χ2v) is 5.99. The number of ether oxygens (including phenoxy) is 2. The number of nitrogens with one attached hydrogen (secondary N) is 1. The molecule has 0 aliphatic heterocycles. The van der Waals surface area contributed by atoms with Crippen molar-refractivity contribution in [1.29, 1.82) is 0 Å². The van der Waals surface area contributed by atoms with E-state index in [2.05, 4.69) is 5.32 Å². The normalized spacial score (nSPS) is 10.4. The third kappa shape index (κ3) is 5.63. The maximum atomic E-state index is 13.2. The van der Waals surface area contributed by atoms with Crippen LogP contribution in [0.2, 0.25) is 0 Å². The van der Waals surface area contributed by atoms with E-state index in [1.807, 2.05) is 13.8 Å². The molecule has 0 radical (unpaired) electrons. The van der Waals surface area contributed by atoms with Crippen molar-refractivity contribution in [3.63, 3.8) is 0 Å². The third-order valence-corrected chi connectivity index (χ3v) is 4.09. The number of carbonyl (C=O) groups is 1. The summed E-state index contributed by atoms with van der Waals surface area (Å²) in [5, 5.41) is 2.76. The van der Waals surface area contributed by atoms with E-state index in [4.69, 9.17) is 9.47 Å². The molecule has 0 fully saturated rings. The number of halogens is 2. The van der Waals surface area contributed by atoms with Crippen LogP contribution in [0.3, 0.4) is 0 Å². The molecule has 0 aliphatic carbocycles. The number of amides is 1. The highest BCUT2D eigenvalue weighted by atomic mass is 32.2. The van der Waals surface area contributed by atoms with Crippen molar-refractivity contribution in [3.8, 4) is 11.5 Å². The SMILES string of the molecule is CCOc1ccc(OCC)c(NC(=O)CSc2ccc(F)c(F)c2)c1. The first-order valence-electron chi connectivity index (χ1n) is 7.80. The van der Waals surface area contributed by atoms with Gasteiger partial charge in [-0.3, -0.25) is 4.79 Å². The molecule has 0 spiro atoms. The molecule has 0 unspecified atom stereocenters. The van der Waals surface area contributed by atoms with E-state index in [0.717, 1.165) is 23.9 Å². The fourth-order valence-corrected chi connectivity index (χ4v) is 2.77. The molecule has 2 rings (SSSR count). The first-order valence-corrected chi connectivity index (χ1v) is 8.79. The molecular formula is C18H19F2NO3S. The number of rotatable bonds is 8. The van der Waals surface area contributed by atoms with Crippen molar-refractivity contribution < 1.29 is 23.0 Å². The molecule has 0 aromatic heterocycles. The van der Waals surface area contributed by atoms with Gasteiger partial charge >= 0.3 is 0 Å². The van der Waals surface area contributed by atoms with Crippen molar-refractivity contribution in [1.82, 2.24) is 0 Å². The molecule has 7 heteroatoms. The van der Waals surface area contributed by atoms with Gasteiger partial charge in [0, 0.05) is 11.0 Å². The lowest BCUT2D eigenvalue weighted by Gasteiger charge is -2.13. The molecule has 1 N–H and O–H groups in total. The monoisotopic (exact) mass is 367 g/mol. The van der Waals surface area contributed by atoms with Crippen LogP contribution in [0.25, 0.3) is 0 Å². The van der Waals surface area contributed by atoms with Gasteiger partial charge in [0.25, 0.3) is 0 Å². The van der Waals surface area contributed by atoms with E-state index in [0.29, 0.717) is 35.3 Å². The van der Waals surface area contributed by atoms with Gasteiger partial charge in [-0.15, -0.1) is 11.8 Å². The minimum absolute atomic E-state index is 0.0511. The summed E-state index contributed by atoms with van der Waals surface area (Å²) in [6.07, 6.45) is 0. The van der Waals surface area contributed by atoms with Crippen LogP contribution >= 0.6 is 11.8 Å². The highest BCUT2D eigenvalue weighted by Gasteiger charge is 2.11. The Kier molecular flexibility index (Phi) is 7.06. The van der Waals surface area contributed by atoms with Crippen LogP contribution in [0.15, 0.2) is 41.3 Å². The van der Waals surface area contributed by atoms with E-state index in [1.54, 1.807) is 18.2 Å². The summed E-state index contributed by atoms with van der Waals surface area (Å²) in [5.41, 5.74) is 0.503. The van der Waals surface area contributed by atoms with Crippen LogP contribution in [-0.2, 0) is 4.79 Å². The van der Waals surface area contributed by atoms with E-state index < -0.39 is 11.6 Å². The quantitative estimate of drug-likeness (QED) is 0.698. The van der Waals surface area contributed by atoms with Crippen LogP contribution in [-0.4, -0.2) is 24.9 Å². The summed E-state index contributed by atoms with van der Waals surface area (Å²) in [5.74, 6) is -0.928. The van der Waals surface area contributed by atoms with Crippen molar-refractivity contribution in [2.45, 2.75) is 18.7 Å². The zero-order valence-electron chi connectivity index (χ0n) is 14.0. The predicted octanol–water partition coefficient (Wildman–Crippen LogP) is 4.49. The molecule has 0 heterocycles. The molecule has 25 heavy (non-hydrogen) atoms. The highest BCUT2D eigenvalue weighted by molar-refractivity contribution is 8.00. The van der Waals surface area contributed by atoms with Crippen molar-refractivity contribution in [2.75, 3.05) is 24.3 Å². The molecule has 4 nitrogen and oxygen atoms in total. The Morgan fingerprint density at radius 3 is 2.48 bits per heavy atom. The molecular weight excluding hydrogens is 348 g/mol. The Balaban J connectivity index is 2.02. The Morgan fingerprint density at radius 1 is 1.04 bits per heavy atom. The first kappa shape index (κ1) is 19.1. The number of carbonyl (C=O) groups excluding carboxylic acids is 1. The van der Waals surface area contributed by atoms with Gasteiger partial charge in [-0.1, -0.05) is 0 Å². The molecule has 0 aliphatic rings. The topological polar surface area (TPSA) is 47.6 Å². The van der Waals surface area contributed by atoms with E-state index in [9.17, 15) is 13.6 Å². The lowest BCUT2D eigenvalue weighted by molar-refractivity contribution is -0.113. The summed E-state index contributed by atoms with van der Waals surface area (Å²) < 4.78 is 37.0. The van der Waals surface area contributed by atoms with Gasteiger partial charge in [0.2, 0.25) is 5.91 Å². The van der Waals surface area contributed by atoms with Crippen molar-refractivity contribution >= 4 is 23.4 Å². The number of benzene rings is 2. The second-order valence-electron chi connectivity index (χ2n) is 4.94. The number of thioether (sulfide) groups is 1. The summed E-state index contributed by atoms with van der Waals surface area (Å²) in [6.45, 7) is 4.68. The molecule has 0 bridgehead atoms. The third-order valence-electron chi connectivity index (χ3n) is 3.10. The first-order chi connectivity index (χ1) is 12.0. The zero-order chi connectivity index (χ0) is 18.2. The van der Waals surface area contributed by atoms with Gasteiger partial charge in [-0.2, -0.15) is 0 Å². The van der Waals surface area contributed by atoms with E-state index in [1.165, 1.54) is 6.07 Å². The smallest absolute Gasteiger partial charge is 0.234 e. The standard InChI is InChI=1S/C18H19F2NO3S/c1-3-23-12-5-8-17(24-4-2)16(9-12)21-18(22)11-25-13-6-7-14(19)15(20)10-13/h5-10H,3-4,11H2,1-2H3,(H,21,22). The fourth-order valence-electron chi connectivity index (χ4n) is 2.05. The van der Waals surface area contributed by atoms with E-state index >= 15 is 0 Å². The lowest BCUT2D eigenvalue weighted by Crippen LogP contribution is -2.15. The Morgan fingerprint density at radius 2 is 1.80 bits per heavy atom. The largest absolute Gasteiger partial charge is 0.494 e. The molecule has 0 saturated heterocycles. The van der Waals surface area contributed by atoms with E-state index in [-0.39, 0.29) is 11.7 Å². The summed E-state index contributed by atoms with van der Waals surface area (Å²) >= 11 is 1.11. The summed E-state index contributed by atoms with van der Waals surface area (Å²) in [6, 6.07) is 8.71. The second kappa shape index (κ2) is 9.27. The average Bonchev–Trinajstić information content (AvgIpc) is 2.59. The number of anilines is 1. The van der Waals surface area contributed by atoms with Crippen molar-refractivity contribution in [2.24, 2.45) is 0 Å². The summed E-state index contributed by atoms with van der Waals surface area (Å²) in [7, 11) is 0. The van der Waals surface area contributed by atoms with Crippen LogP contribution in [0.1, 0.15) is 13.8 Å². The molecule has 0 saturated carbocycles. The minimum atomic E-state index is -0.937. The van der Waals surface area contributed by atoms with Gasteiger partial charge in [-0.05, 0) is 44.2 Å². The van der Waals surface area contributed by atoms with Gasteiger partial charge in [0.1, 0.15) is 11.5 Å². The highest BCUT2D eigenvalue weighted by Crippen LogP contribution is 2.30. The van der Waals surface area contributed by atoms with Gasteiger partial charge < -0.3 is 14.8 Å². The van der Waals surface area contributed by atoms with Crippen LogP contribution < -0.4 is 14.8 Å². The predicted molar refractivity (Wildman–Crippen MR) is 94.5 cm³/mol. The Labute approximate surface area is 149 Å². The minimum Gasteiger partial charge on any atom is -0.494 e. The molecule has 1 amide bonds. The molecule has 2 aromatic carbocycles. The van der Waals surface area contributed by atoms with Crippen LogP contribution in [0.4, 0.5) is 14.5 Å². The van der Waals surface area contributed by atoms with Gasteiger partial charge in [0.15, 0.2) is 11.6 Å². The maximum Gasteiger partial charge on any atom is 0.234 e. The Hall–Kier alpha value is -2.28. The summed E-state index contributed by atoms with van der Waals surface area (Å²) in [4.78, 5) is 12.6. The van der Waals surface area contributed by atoms with Crippen LogP contribution in [0.5, 0.6) is 11.5 Å². The van der Waals surface area contributed by atoms with Gasteiger partial charge in [-0.25, -0.2) is 8.78 Å². The molecule has 2 aromatic rings. The lowest BCUT2D eigenvalue weighted by atomic mass is 10.2. The number of hydrogen-bond donors (Lipinski definition) is 1. The molecule has 0 atom stereocenters. The average molecular weight is 367 g/mol. The number of hydrogen-bond acceptors (Lipinski definition) is 4. The van der Waals surface area contributed by atoms with Crippen LogP contribution in [0, 0.1) is 11.6 Å². The Bertz CT molecular complexity index is 740. The maximum absolute atomic E-state index is 13.2. The zero-order valence-corrected chi connectivity index (χ0v) is 14.8. The molecule has 134 valence electrons. The fraction of sp³-hybridized carbons (Fsp3) is 0.278.